The Morgan fingerprint density at radius 3 is 2.59 bits per heavy atom. The number of nitrogens with one attached hydrogen (secondary N) is 1. The molecule has 2 heterocycles. The monoisotopic (exact) mass is 373 g/mol. The van der Waals surface area contributed by atoms with Crippen molar-refractivity contribution in [3.8, 4) is 0 Å². The Labute approximate surface area is 157 Å². The number of urea groups is 1. The molecular weight excluding hydrogens is 349 g/mol. The van der Waals surface area contributed by atoms with Crippen LogP contribution in [0.25, 0.3) is 0 Å². The van der Waals surface area contributed by atoms with Gasteiger partial charge in [-0.25, -0.2) is 9.18 Å². The van der Waals surface area contributed by atoms with E-state index in [1.165, 1.54) is 12.1 Å². The van der Waals surface area contributed by atoms with E-state index in [1.54, 1.807) is 33.7 Å². The molecule has 1 fully saturated rings. The average Bonchev–Trinajstić information content (AvgIpc) is 3.09. The summed E-state index contributed by atoms with van der Waals surface area (Å²) >= 11 is 0. The number of hydrogen-bond acceptors (Lipinski definition) is 3. The number of nitrogens with zero attached hydrogens (tertiary/aromatic N) is 4. The SMILES string of the molecule is Cc1nn(C)c(C)c1CN(C)C(=O)NC1CC(=O)N(c2ccc(F)cc2)C1. The molecule has 3 rings (SSSR count). The Morgan fingerprint density at radius 2 is 2.00 bits per heavy atom. The molecule has 8 heteroatoms. The zero-order valence-corrected chi connectivity index (χ0v) is 16.0. The summed E-state index contributed by atoms with van der Waals surface area (Å²) in [6.07, 6.45) is 0.224. The lowest BCUT2D eigenvalue weighted by Crippen LogP contribution is -2.44. The predicted octanol–water partition coefficient (Wildman–Crippen LogP) is 2.12. The standard InChI is InChI=1S/C19H24FN5O2/c1-12-17(13(2)24(4)22-12)11-23(3)19(27)21-15-9-18(26)25(10-15)16-7-5-14(20)6-8-16/h5-8,15H,9-11H2,1-4H3,(H,21,27). The van der Waals surface area contributed by atoms with Gasteiger partial charge < -0.3 is 15.1 Å². The molecule has 1 aromatic heterocycles. The van der Waals surface area contributed by atoms with Gasteiger partial charge >= 0.3 is 6.03 Å². The highest BCUT2D eigenvalue weighted by atomic mass is 19.1. The van der Waals surface area contributed by atoms with Crippen molar-refractivity contribution < 1.29 is 14.0 Å². The van der Waals surface area contributed by atoms with Gasteiger partial charge in [0.05, 0.1) is 18.3 Å². The topological polar surface area (TPSA) is 70.5 Å². The van der Waals surface area contributed by atoms with Gasteiger partial charge in [-0.2, -0.15) is 5.10 Å². The third kappa shape index (κ3) is 3.94. The Morgan fingerprint density at radius 1 is 1.33 bits per heavy atom. The molecule has 0 radical (unpaired) electrons. The fourth-order valence-electron chi connectivity index (χ4n) is 3.31. The normalized spacial score (nSPS) is 16.7. The van der Waals surface area contributed by atoms with E-state index in [0.717, 1.165) is 17.0 Å². The summed E-state index contributed by atoms with van der Waals surface area (Å²) in [6, 6.07) is 5.25. The number of rotatable bonds is 4. The lowest BCUT2D eigenvalue weighted by molar-refractivity contribution is -0.117. The van der Waals surface area contributed by atoms with E-state index < -0.39 is 0 Å². The van der Waals surface area contributed by atoms with Crippen LogP contribution in [0.4, 0.5) is 14.9 Å². The minimum Gasteiger partial charge on any atom is -0.333 e. The van der Waals surface area contributed by atoms with E-state index in [0.29, 0.717) is 18.8 Å². The molecular formula is C19H24FN5O2. The third-order valence-electron chi connectivity index (χ3n) is 4.99. The van der Waals surface area contributed by atoms with Gasteiger partial charge in [-0.3, -0.25) is 9.48 Å². The predicted molar refractivity (Wildman–Crippen MR) is 99.8 cm³/mol. The van der Waals surface area contributed by atoms with Crippen molar-refractivity contribution in [1.29, 1.82) is 0 Å². The van der Waals surface area contributed by atoms with E-state index >= 15 is 0 Å². The Bertz CT molecular complexity index is 862. The second-order valence-corrected chi connectivity index (χ2v) is 6.96. The summed E-state index contributed by atoms with van der Waals surface area (Å²) in [5.41, 5.74) is 3.57. The molecule has 1 unspecified atom stereocenters. The van der Waals surface area contributed by atoms with Crippen LogP contribution in [-0.2, 0) is 18.4 Å². The molecule has 1 saturated heterocycles. The number of aryl methyl sites for hydroxylation is 2. The first kappa shape index (κ1) is 18.9. The minimum absolute atomic E-state index is 0.0893. The van der Waals surface area contributed by atoms with Crippen molar-refractivity contribution in [1.82, 2.24) is 20.0 Å². The Balaban J connectivity index is 1.61. The van der Waals surface area contributed by atoms with Gasteiger partial charge in [0.25, 0.3) is 0 Å². The quantitative estimate of drug-likeness (QED) is 0.893. The second-order valence-electron chi connectivity index (χ2n) is 6.96. The highest BCUT2D eigenvalue weighted by Crippen LogP contribution is 2.22. The number of carbonyl (C=O) groups is 2. The van der Waals surface area contributed by atoms with Crippen LogP contribution in [0.1, 0.15) is 23.4 Å². The first-order chi connectivity index (χ1) is 12.8. The van der Waals surface area contributed by atoms with E-state index in [1.807, 2.05) is 20.9 Å². The summed E-state index contributed by atoms with van der Waals surface area (Å²) in [4.78, 5) is 28.0. The lowest BCUT2D eigenvalue weighted by Gasteiger charge is -2.21. The maximum Gasteiger partial charge on any atom is 0.317 e. The fourth-order valence-corrected chi connectivity index (χ4v) is 3.31. The third-order valence-corrected chi connectivity index (χ3v) is 4.99. The molecule has 3 amide bonds. The van der Waals surface area contributed by atoms with E-state index in [-0.39, 0.29) is 30.2 Å². The molecule has 0 saturated carbocycles. The van der Waals surface area contributed by atoms with Crippen LogP contribution in [0.2, 0.25) is 0 Å². The molecule has 0 spiro atoms. The van der Waals surface area contributed by atoms with E-state index in [9.17, 15) is 14.0 Å². The molecule has 144 valence electrons. The Kier molecular flexibility index (Phi) is 5.16. The average molecular weight is 373 g/mol. The molecule has 0 bridgehead atoms. The number of aromatic nitrogens is 2. The van der Waals surface area contributed by atoms with E-state index in [2.05, 4.69) is 10.4 Å². The number of amides is 3. The summed E-state index contributed by atoms with van der Waals surface area (Å²) in [5, 5.41) is 7.28. The van der Waals surface area contributed by atoms with Gasteiger partial charge in [-0.05, 0) is 38.1 Å². The van der Waals surface area contributed by atoms with Gasteiger partial charge in [-0.15, -0.1) is 0 Å². The molecule has 1 aliphatic rings. The summed E-state index contributed by atoms with van der Waals surface area (Å²) < 4.78 is 14.9. The summed E-state index contributed by atoms with van der Waals surface area (Å²) in [6.45, 7) is 4.70. The first-order valence-electron chi connectivity index (χ1n) is 8.83. The zero-order chi connectivity index (χ0) is 19.7. The lowest BCUT2D eigenvalue weighted by atomic mass is 10.2. The smallest absolute Gasteiger partial charge is 0.317 e. The van der Waals surface area contributed by atoms with Crippen molar-refractivity contribution in [3.05, 3.63) is 47.0 Å². The number of benzene rings is 1. The fraction of sp³-hybridized carbons (Fsp3) is 0.421. The first-order valence-corrected chi connectivity index (χ1v) is 8.83. The van der Waals surface area contributed by atoms with Crippen LogP contribution in [0.15, 0.2) is 24.3 Å². The van der Waals surface area contributed by atoms with Crippen molar-refractivity contribution in [3.63, 3.8) is 0 Å². The molecule has 7 nitrogen and oxygen atoms in total. The molecule has 1 N–H and O–H groups in total. The molecule has 1 aliphatic heterocycles. The highest BCUT2D eigenvalue weighted by Gasteiger charge is 2.32. The maximum absolute atomic E-state index is 13.1. The van der Waals surface area contributed by atoms with Gasteiger partial charge in [0.1, 0.15) is 5.82 Å². The van der Waals surface area contributed by atoms with Crippen molar-refractivity contribution >= 4 is 17.6 Å². The van der Waals surface area contributed by atoms with Crippen LogP contribution in [0.5, 0.6) is 0 Å². The van der Waals surface area contributed by atoms with Crippen LogP contribution >= 0.6 is 0 Å². The van der Waals surface area contributed by atoms with Gasteiger partial charge in [-0.1, -0.05) is 0 Å². The van der Waals surface area contributed by atoms with Crippen LogP contribution in [-0.4, -0.2) is 46.3 Å². The van der Waals surface area contributed by atoms with Crippen LogP contribution in [0, 0.1) is 19.7 Å². The Hall–Kier alpha value is -2.90. The van der Waals surface area contributed by atoms with Gasteiger partial charge in [0, 0.05) is 44.0 Å². The molecule has 1 aromatic carbocycles. The number of halogens is 1. The van der Waals surface area contributed by atoms with Crippen molar-refractivity contribution in [2.24, 2.45) is 7.05 Å². The minimum atomic E-state index is -0.349. The summed E-state index contributed by atoms with van der Waals surface area (Å²) in [5.74, 6) is -0.439. The molecule has 2 aromatic rings. The zero-order valence-electron chi connectivity index (χ0n) is 16.0. The molecule has 0 aliphatic carbocycles. The molecule has 27 heavy (non-hydrogen) atoms. The number of hydrogen-bond donors (Lipinski definition) is 1. The van der Waals surface area contributed by atoms with E-state index in [4.69, 9.17) is 0 Å². The molecule has 1 atom stereocenters. The van der Waals surface area contributed by atoms with Gasteiger partial charge in [0.15, 0.2) is 0 Å². The highest BCUT2D eigenvalue weighted by molar-refractivity contribution is 5.96. The van der Waals surface area contributed by atoms with Crippen LogP contribution in [0.3, 0.4) is 0 Å². The van der Waals surface area contributed by atoms with Crippen molar-refractivity contribution in [2.75, 3.05) is 18.5 Å². The second kappa shape index (κ2) is 7.38. The largest absolute Gasteiger partial charge is 0.333 e. The van der Waals surface area contributed by atoms with Crippen molar-refractivity contribution in [2.45, 2.75) is 32.9 Å². The van der Waals surface area contributed by atoms with Crippen LogP contribution < -0.4 is 10.2 Å². The summed E-state index contributed by atoms with van der Waals surface area (Å²) in [7, 11) is 3.59. The van der Waals surface area contributed by atoms with Gasteiger partial charge in [0.2, 0.25) is 5.91 Å². The number of anilines is 1. The maximum atomic E-state index is 13.1. The number of carbonyl (C=O) groups excluding carboxylic acids is 2.